The fourth-order valence-electron chi connectivity index (χ4n) is 4.55. The molecule has 2 atom stereocenters. The number of pyridine rings is 1. The minimum Gasteiger partial charge on any atom is -0.390 e. The lowest BCUT2D eigenvalue weighted by Crippen LogP contribution is -2.64. The first kappa shape index (κ1) is 21.7. The molecule has 1 amide bonds. The van der Waals surface area contributed by atoms with Crippen molar-refractivity contribution in [1.29, 1.82) is 0 Å². The Kier molecular flexibility index (Phi) is 6.85. The average molecular weight is 425 g/mol. The summed E-state index contributed by atoms with van der Waals surface area (Å²) in [5.74, 6) is 1.00. The number of benzene rings is 1. The number of carbonyl (C=O) groups excluding carboxylic acids is 1. The summed E-state index contributed by atoms with van der Waals surface area (Å²) in [6.45, 7) is 4.26. The van der Waals surface area contributed by atoms with E-state index in [9.17, 15) is 15.0 Å². The molecule has 0 bridgehead atoms. The van der Waals surface area contributed by atoms with Crippen LogP contribution in [0.4, 0.5) is 5.82 Å². The number of rotatable bonds is 6. The van der Waals surface area contributed by atoms with Crippen LogP contribution in [0.2, 0.25) is 0 Å². The van der Waals surface area contributed by atoms with Gasteiger partial charge in [-0.25, -0.2) is 4.98 Å². The third-order valence-corrected chi connectivity index (χ3v) is 6.42. The maximum absolute atomic E-state index is 12.8. The second-order valence-electron chi connectivity index (χ2n) is 8.66. The van der Waals surface area contributed by atoms with Crippen LogP contribution in [0.15, 0.2) is 54.7 Å². The summed E-state index contributed by atoms with van der Waals surface area (Å²) in [5, 5.41) is 21.8. The smallest absolute Gasteiger partial charge is 0.223 e. The van der Waals surface area contributed by atoms with Crippen molar-refractivity contribution in [1.82, 2.24) is 14.8 Å². The zero-order chi connectivity index (χ0) is 21.7. The van der Waals surface area contributed by atoms with Crippen LogP contribution in [0.5, 0.6) is 0 Å². The van der Waals surface area contributed by atoms with Gasteiger partial charge in [0, 0.05) is 51.9 Å². The first-order chi connectivity index (χ1) is 15.0. The molecule has 0 radical (unpaired) electrons. The zero-order valence-electron chi connectivity index (χ0n) is 17.9. The Morgan fingerprint density at radius 2 is 1.77 bits per heavy atom. The van der Waals surface area contributed by atoms with Gasteiger partial charge in [-0.3, -0.25) is 9.69 Å². The molecule has 7 heteroatoms. The van der Waals surface area contributed by atoms with Crippen molar-refractivity contribution in [3.8, 4) is 0 Å². The van der Waals surface area contributed by atoms with Crippen molar-refractivity contribution in [2.24, 2.45) is 0 Å². The Hall–Kier alpha value is -2.48. The molecule has 1 aromatic heterocycles. The lowest BCUT2D eigenvalue weighted by molar-refractivity contribution is -0.156. The molecule has 2 aliphatic rings. The maximum Gasteiger partial charge on any atom is 0.223 e. The molecule has 166 valence electrons. The van der Waals surface area contributed by atoms with Crippen molar-refractivity contribution in [2.75, 3.05) is 50.7 Å². The van der Waals surface area contributed by atoms with Gasteiger partial charge < -0.3 is 20.0 Å². The third-order valence-electron chi connectivity index (χ3n) is 6.42. The molecule has 0 unspecified atom stereocenters. The SMILES string of the molecule is O=C(CCc1ccccc1)N1CC[C@H](O)[C@@](O)(CN2CCN(c3ccccn3)CC2)C1. The predicted octanol–water partition coefficient (Wildman–Crippen LogP) is 1.16. The largest absolute Gasteiger partial charge is 0.390 e. The lowest BCUT2D eigenvalue weighted by atomic mass is 9.88. The summed E-state index contributed by atoms with van der Waals surface area (Å²) < 4.78 is 0. The number of likely N-dealkylation sites (tertiary alicyclic amines) is 1. The zero-order valence-corrected chi connectivity index (χ0v) is 17.9. The Morgan fingerprint density at radius 3 is 2.48 bits per heavy atom. The number of anilines is 1. The molecule has 7 nitrogen and oxygen atoms in total. The Labute approximate surface area is 183 Å². The standard InChI is InChI=1S/C24H32N4O3/c29-21-11-13-28(23(30)10-9-20-6-2-1-3-7-20)19-24(21,31)18-26-14-16-27(17-15-26)22-8-4-5-12-25-22/h1-8,12,21,29,31H,9-11,13-19H2/t21-,24+/m0/s1. The van der Waals surface area contributed by atoms with Gasteiger partial charge in [0.25, 0.3) is 0 Å². The number of β-amino-alcohol motifs (C(OH)–C–C–N with tert-alkyl or cyclic N) is 1. The summed E-state index contributed by atoms with van der Waals surface area (Å²) in [4.78, 5) is 23.3. The highest BCUT2D eigenvalue weighted by Crippen LogP contribution is 2.25. The molecule has 0 saturated carbocycles. The molecule has 2 N–H and O–H groups in total. The van der Waals surface area contributed by atoms with Gasteiger partial charge in [0.2, 0.25) is 5.91 Å². The normalized spacial score (nSPS) is 24.9. The highest BCUT2D eigenvalue weighted by molar-refractivity contribution is 5.76. The quantitative estimate of drug-likeness (QED) is 0.725. The molecule has 3 heterocycles. The van der Waals surface area contributed by atoms with Crippen LogP contribution in [0.3, 0.4) is 0 Å². The van der Waals surface area contributed by atoms with Crippen molar-refractivity contribution < 1.29 is 15.0 Å². The average Bonchev–Trinajstić information content (AvgIpc) is 2.81. The van der Waals surface area contributed by atoms with Crippen LogP contribution in [-0.2, 0) is 11.2 Å². The van der Waals surface area contributed by atoms with Crippen LogP contribution in [0.1, 0.15) is 18.4 Å². The number of aliphatic hydroxyl groups is 2. The molecule has 2 fully saturated rings. The summed E-state index contributed by atoms with van der Waals surface area (Å²) >= 11 is 0. The van der Waals surface area contributed by atoms with Crippen molar-refractivity contribution in [3.63, 3.8) is 0 Å². The van der Waals surface area contributed by atoms with E-state index in [4.69, 9.17) is 0 Å². The highest BCUT2D eigenvalue weighted by Gasteiger charge is 2.43. The van der Waals surface area contributed by atoms with E-state index in [1.165, 1.54) is 0 Å². The molecule has 0 spiro atoms. The van der Waals surface area contributed by atoms with E-state index >= 15 is 0 Å². The number of nitrogens with zero attached hydrogens (tertiary/aromatic N) is 4. The molecular formula is C24H32N4O3. The van der Waals surface area contributed by atoms with Gasteiger partial charge in [0.1, 0.15) is 11.4 Å². The molecule has 2 aliphatic heterocycles. The molecule has 2 saturated heterocycles. The van der Waals surface area contributed by atoms with Crippen LogP contribution in [-0.4, -0.2) is 88.4 Å². The lowest BCUT2D eigenvalue weighted by Gasteiger charge is -2.46. The van der Waals surface area contributed by atoms with Crippen molar-refractivity contribution in [2.45, 2.75) is 31.0 Å². The van der Waals surface area contributed by atoms with Crippen LogP contribution < -0.4 is 4.90 Å². The topological polar surface area (TPSA) is 80.1 Å². The van der Waals surface area contributed by atoms with E-state index in [2.05, 4.69) is 14.8 Å². The first-order valence-corrected chi connectivity index (χ1v) is 11.1. The molecule has 1 aromatic carbocycles. The van der Waals surface area contributed by atoms with Crippen molar-refractivity contribution in [3.05, 3.63) is 60.3 Å². The van der Waals surface area contributed by atoms with Crippen LogP contribution in [0.25, 0.3) is 0 Å². The van der Waals surface area contributed by atoms with E-state index in [1.807, 2.05) is 48.5 Å². The number of piperazine rings is 1. The van der Waals surface area contributed by atoms with E-state index in [0.717, 1.165) is 37.6 Å². The summed E-state index contributed by atoms with van der Waals surface area (Å²) in [7, 11) is 0. The Morgan fingerprint density at radius 1 is 1.03 bits per heavy atom. The van der Waals surface area contributed by atoms with Crippen LogP contribution >= 0.6 is 0 Å². The Balaban J connectivity index is 1.30. The number of aliphatic hydroxyl groups excluding tert-OH is 1. The number of hydrogen-bond donors (Lipinski definition) is 2. The second kappa shape index (κ2) is 9.77. The van der Waals surface area contributed by atoms with Crippen LogP contribution in [0, 0.1) is 0 Å². The van der Waals surface area contributed by atoms with Crippen molar-refractivity contribution >= 4 is 11.7 Å². The minimum absolute atomic E-state index is 0.0362. The summed E-state index contributed by atoms with van der Waals surface area (Å²) in [6.07, 6.45) is 2.48. The molecule has 2 aromatic rings. The third kappa shape index (κ3) is 5.42. The predicted molar refractivity (Wildman–Crippen MR) is 120 cm³/mol. The molecule has 4 rings (SSSR count). The van der Waals surface area contributed by atoms with Gasteiger partial charge in [-0.2, -0.15) is 0 Å². The molecular weight excluding hydrogens is 392 g/mol. The van der Waals surface area contributed by atoms with Gasteiger partial charge >= 0.3 is 0 Å². The number of amides is 1. The summed E-state index contributed by atoms with van der Waals surface area (Å²) in [5.41, 5.74) is -0.165. The first-order valence-electron chi connectivity index (χ1n) is 11.1. The fraction of sp³-hybridized carbons (Fsp3) is 0.500. The maximum atomic E-state index is 12.8. The molecule has 0 aliphatic carbocycles. The fourth-order valence-corrected chi connectivity index (χ4v) is 4.55. The number of carbonyl (C=O) groups is 1. The van der Waals surface area contributed by atoms with Gasteiger partial charge in [0.05, 0.1) is 12.6 Å². The van der Waals surface area contributed by atoms with Gasteiger partial charge in [-0.15, -0.1) is 0 Å². The number of aromatic nitrogens is 1. The number of hydrogen-bond acceptors (Lipinski definition) is 6. The molecule has 31 heavy (non-hydrogen) atoms. The summed E-state index contributed by atoms with van der Waals surface area (Å²) in [6, 6.07) is 15.9. The second-order valence-corrected chi connectivity index (χ2v) is 8.66. The van der Waals surface area contributed by atoms with E-state index in [-0.39, 0.29) is 12.5 Å². The number of piperidine rings is 1. The van der Waals surface area contributed by atoms with Gasteiger partial charge in [-0.05, 0) is 30.5 Å². The number of aryl methyl sites for hydroxylation is 1. The van der Waals surface area contributed by atoms with E-state index < -0.39 is 11.7 Å². The highest BCUT2D eigenvalue weighted by atomic mass is 16.3. The monoisotopic (exact) mass is 424 g/mol. The Bertz CT molecular complexity index is 842. The van der Waals surface area contributed by atoms with E-state index in [0.29, 0.717) is 32.4 Å². The van der Waals surface area contributed by atoms with Gasteiger partial charge in [0.15, 0.2) is 0 Å². The minimum atomic E-state index is -1.30. The van der Waals surface area contributed by atoms with Gasteiger partial charge in [-0.1, -0.05) is 36.4 Å². The van der Waals surface area contributed by atoms with E-state index in [1.54, 1.807) is 11.1 Å².